The molecule has 2 N–H and O–H groups in total. The van der Waals surface area contributed by atoms with Crippen LogP contribution >= 0.6 is 0 Å². The Balaban J connectivity index is 1.69. The molecule has 0 amide bonds. The first-order valence-electron chi connectivity index (χ1n) is 7.11. The number of aromatic nitrogens is 1. The number of oxazole rings is 1. The molecule has 1 atom stereocenters. The highest BCUT2D eigenvalue weighted by atomic mass is 16.5. The predicted octanol–water partition coefficient (Wildman–Crippen LogP) is 2.27. The fourth-order valence-corrected chi connectivity index (χ4v) is 2.92. The lowest BCUT2D eigenvalue weighted by atomic mass is 9.99. The van der Waals surface area contributed by atoms with E-state index in [1.807, 2.05) is 18.2 Å². The number of fused-ring (bicyclic) bond motifs is 1. The van der Waals surface area contributed by atoms with Crippen molar-refractivity contribution in [3.8, 4) is 0 Å². The lowest BCUT2D eigenvalue weighted by molar-refractivity contribution is 0.0835. The van der Waals surface area contributed by atoms with Crippen LogP contribution in [0.1, 0.15) is 18.7 Å². The zero-order valence-corrected chi connectivity index (χ0v) is 11.8. The van der Waals surface area contributed by atoms with Crippen LogP contribution in [-0.4, -0.2) is 36.7 Å². The number of piperidine rings is 1. The molecular formula is C15H21N3O2. The molecule has 0 saturated carbocycles. The Bertz CT molecular complexity index is 580. The molecule has 0 aliphatic carbocycles. The SMILES string of the molecule is COCC1CCCN(Cc2nc3cc(N)ccc3o2)C1. The molecule has 0 spiro atoms. The molecular weight excluding hydrogens is 254 g/mol. The standard InChI is InChI=1S/C15H21N3O2/c1-19-10-11-3-2-6-18(8-11)9-15-17-13-7-12(16)4-5-14(13)20-15/h4-5,7,11H,2-3,6,8-10,16H2,1H3. The van der Waals surface area contributed by atoms with Crippen LogP contribution in [0, 0.1) is 5.92 Å². The van der Waals surface area contributed by atoms with E-state index in [9.17, 15) is 0 Å². The number of benzene rings is 1. The molecule has 20 heavy (non-hydrogen) atoms. The van der Waals surface area contributed by atoms with Crippen molar-refractivity contribution in [1.82, 2.24) is 9.88 Å². The molecule has 1 saturated heterocycles. The molecule has 1 aliphatic heterocycles. The second-order valence-corrected chi connectivity index (χ2v) is 5.53. The molecule has 5 nitrogen and oxygen atoms in total. The van der Waals surface area contributed by atoms with Crippen molar-refractivity contribution in [2.45, 2.75) is 19.4 Å². The van der Waals surface area contributed by atoms with Crippen molar-refractivity contribution in [2.75, 3.05) is 32.5 Å². The van der Waals surface area contributed by atoms with E-state index >= 15 is 0 Å². The van der Waals surface area contributed by atoms with Gasteiger partial charge in [0, 0.05) is 19.3 Å². The van der Waals surface area contributed by atoms with E-state index < -0.39 is 0 Å². The van der Waals surface area contributed by atoms with E-state index in [0.717, 1.165) is 48.9 Å². The van der Waals surface area contributed by atoms with Crippen molar-refractivity contribution >= 4 is 16.8 Å². The number of nitrogens with two attached hydrogens (primary N) is 1. The Hall–Kier alpha value is -1.59. The average Bonchev–Trinajstić information content (AvgIpc) is 2.81. The van der Waals surface area contributed by atoms with E-state index in [-0.39, 0.29) is 0 Å². The van der Waals surface area contributed by atoms with Gasteiger partial charge in [0.15, 0.2) is 5.58 Å². The number of hydrogen-bond acceptors (Lipinski definition) is 5. The van der Waals surface area contributed by atoms with Gasteiger partial charge in [-0.25, -0.2) is 4.98 Å². The number of anilines is 1. The van der Waals surface area contributed by atoms with Crippen LogP contribution in [0.5, 0.6) is 0 Å². The molecule has 1 aromatic carbocycles. The predicted molar refractivity (Wildman–Crippen MR) is 78.3 cm³/mol. The number of ether oxygens (including phenoxy) is 1. The Morgan fingerprint density at radius 3 is 3.25 bits per heavy atom. The normalized spacial score (nSPS) is 20.6. The van der Waals surface area contributed by atoms with Gasteiger partial charge in [-0.2, -0.15) is 0 Å². The second-order valence-electron chi connectivity index (χ2n) is 5.53. The van der Waals surface area contributed by atoms with Crippen LogP contribution in [0.2, 0.25) is 0 Å². The Morgan fingerprint density at radius 2 is 2.40 bits per heavy atom. The van der Waals surface area contributed by atoms with E-state index in [4.69, 9.17) is 14.9 Å². The minimum atomic E-state index is 0.619. The fourth-order valence-electron chi connectivity index (χ4n) is 2.92. The van der Waals surface area contributed by atoms with Crippen molar-refractivity contribution < 1.29 is 9.15 Å². The van der Waals surface area contributed by atoms with Crippen LogP contribution < -0.4 is 5.73 Å². The first kappa shape index (κ1) is 13.4. The second kappa shape index (κ2) is 5.81. The highest BCUT2D eigenvalue weighted by Crippen LogP contribution is 2.22. The van der Waals surface area contributed by atoms with Crippen LogP contribution in [-0.2, 0) is 11.3 Å². The van der Waals surface area contributed by atoms with Crippen LogP contribution in [0.4, 0.5) is 5.69 Å². The topological polar surface area (TPSA) is 64.5 Å². The van der Waals surface area contributed by atoms with Gasteiger partial charge in [-0.15, -0.1) is 0 Å². The lowest BCUT2D eigenvalue weighted by Gasteiger charge is -2.31. The number of nitrogen functional groups attached to an aromatic ring is 1. The molecule has 0 radical (unpaired) electrons. The van der Waals surface area contributed by atoms with Gasteiger partial charge in [0.2, 0.25) is 5.89 Å². The van der Waals surface area contributed by atoms with Gasteiger partial charge >= 0.3 is 0 Å². The zero-order valence-electron chi connectivity index (χ0n) is 11.8. The van der Waals surface area contributed by atoms with E-state index in [0.29, 0.717) is 5.92 Å². The summed E-state index contributed by atoms with van der Waals surface area (Å²) in [4.78, 5) is 6.91. The quantitative estimate of drug-likeness (QED) is 0.867. The number of nitrogens with zero attached hydrogens (tertiary/aromatic N) is 2. The van der Waals surface area contributed by atoms with Gasteiger partial charge in [-0.05, 0) is 43.5 Å². The number of likely N-dealkylation sites (tertiary alicyclic amines) is 1. The summed E-state index contributed by atoms with van der Waals surface area (Å²) in [6.07, 6.45) is 2.45. The highest BCUT2D eigenvalue weighted by Gasteiger charge is 2.21. The maximum atomic E-state index is 5.78. The molecule has 3 rings (SSSR count). The maximum Gasteiger partial charge on any atom is 0.209 e. The summed E-state index contributed by atoms with van der Waals surface area (Å²) in [5.74, 6) is 1.39. The summed E-state index contributed by atoms with van der Waals surface area (Å²) in [5.41, 5.74) is 8.12. The average molecular weight is 275 g/mol. The molecule has 2 heterocycles. The van der Waals surface area contributed by atoms with Crippen molar-refractivity contribution in [3.05, 3.63) is 24.1 Å². The third kappa shape index (κ3) is 2.94. The smallest absolute Gasteiger partial charge is 0.209 e. The van der Waals surface area contributed by atoms with Crippen molar-refractivity contribution in [2.24, 2.45) is 5.92 Å². The van der Waals surface area contributed by atoms with Gasteiger partial charge in [0.25, 0.3) is 0 Å². The van der Waals surface area contributed by atoms with E-state index in [2.05, 4.69) is 9.88 Å². The number of methoxy groups -OCH3 is 1. The van der Waals surface area contributed by atoms with E-state index in [1.54, 1.807) is 7.11 Å². The molecule has 1 unspecified atom stereocenters. The Kier molecular flexibility index (Phi) is 3.89. The minimum Gasteiger partial charge on any atom is -0.439 e. The Labute approximate surface area is 118 Å². The summed E-state index contributed by atoms with van der Waals surface area (Å²) < 4.78 is 11.0. The maximum absolute atomic E-state index is 5.78. The molecule has 2 aromatic rings. The fraction of sp³-hybridized carbons (Fsp3) is 0.533. The van der Waals surface area contributed by atoms with Crippen LogP contribution in [0.15, 0.2) is 22.6 Å². The third-order valence-corrected chi connectivity index (χ3v) is 3.82. The largest absolute Gasteiger partial charge is 0.439 e. The first-order chi connectivity index (χ1) is 9.74. The summed E-state index contributed by atoms with van der Waals surface area (Å²) in [6, 6.07) is 5.57. The number of rotatable bonds is 4. The van der Waals surface area contributed by atoms with Gasteiger partial charge in [0.05, 0.1) is 13.2 Å². The summed E-state index contributed by atoms with van der Waals surface area (Å²) in [6.45, 7) is 3.74. The first-order valence-corrected chi connectivity index (χ1v) is 7.11. The molecule has 1 fully saturated rings. The lowest BCUT2D eigenvalue weighted by Crippen LogP contribution is -2.36. The zero-order chi connectivity index (χ0) is 13.9. The van der Waals surface area contributed by atoms with Crippen molar-refractivity contribution in [3.63, 3.8) is 0 Å². The Morgan fingerprint density at radius 1 is 1.50 bits per heavy atom. The van der Waals surface area contributed by atoms with Gasteiger partial charge < -0.3 is 14.9 Å². The van der Waals surface area contributed by atoms with Gasteiger partial charge in [0.1, 0.15) is 5.52 Å². The van der Waals surface area contributed by atoms with Gasteiger partial charge in [-0.3, -0.25) is 4.90 Å². The molecule has 0 bridgehead atoms. The van der Waals surface area contributed by atoms with E-state index in [1.165, 1.54) is 12.8 Å². The summed E-state index contributed by atoms with van der Waals surface area (Å²) in [5, 5.41) is 0. The molecule has 108 valence electrons. The summed E-state index contributed by atoms with van der Waals surface area (Å²) >= 11 is 0. The minimum absolute atomic E-state index is 0.619. The molecule has 5 heteroatoms. The van der Waals surface area contributed by atoms with Crippen LogP contribution in [0.25, 0.3) is 11.1 Å². The van der Waals surface area contributed by atoms with Crippen molar-refractivity contribution in [1.29, 1.82) is 0 Å². The third-order valence-electron chi connectivity index (χ3n) is 3.82. The van der Waals surface area contributed by atoms with Crippen LogP contribution in [0.3, 0.4) is 0 Å². The number of hydrogen-bond donors (Lipinski definition) is 1. The highest BCUT2D eigenvalue weighted by molar-refractivity contribution is 5.76. The monoisotopic (exact) mass is 275 g/mol. The molecule has 1 aromatic heterocycles. The van der Waals surface area contributed by atoms with Gasteiger partial charge in [-0.1, -0.05) is 0 Å². The summed E-state index contributed by atoms with van der Waals surface area (Å²) in [7, 11) is 1.77. The molecule has 1 aliphatic rings.